The van der Waals surface area contributed by atoms with Gasteiger partial charge in [0, 0.05) is 32.5 Å². The summed E-state index contributed by atoms with van der Waals surface area (Å²) < 4.78 is 7.75. The second-order valence-electron chi connectivity index (χ2n) is 4.98. The number of nitrogens with zero attached hydrogens (tertiary/aromatic N) is 5. The van der Waals surface area contributed by atoms with Crippen molar-refractivity contribution in [3.63, 3.8) is 0 Å². The Labute approximate surface area is 130 Å². The maximum atomic E-state index is 12.4. The van der Waals surface area contributed by atoms with Gasteiger partial charge in [-0.1, -0.05) is 0 Å². The molecule has 0 aromatic carbocycles. The monoisotopic (exact) mass is 316 g/mol. The van der Waals surface area contributed by atoms with E-state index in [0.717, 1.165) is 6.42 Å². The molecule has 120 valence electrons. The Hall–Kier alpha value is -2.81. The Morgan fingerprint density at radius 3 is 3.04 bits per heavy atom. The van der Waals surface area contributed by atoms with Crippen molar-refractivity contribution in [2.75, 3.05) is 20.3 Å². The first-order valence-corrected chi connectivity index (χ1v) is 7.16. The highest BCUT2D eigenvalue weighted by molar-refractivity contribution is 5.77. The molecule has 1 amide bonds. The van der Waals surface area contributed by atoms with Gasteiger partial charge in [0.25, 0.3) is 5.56 Å². The fourth-order valence-electron chi connectivity index (χ4n) is 2.26. The number of methoxy groups -OCH3 is 1. The molecule has 0 bridgehead atoms. The van der Waals surface area contributed by atoms with Gasteiger partial charge in [0.1, 0.15) is 12.1 Å². The molecule has 1 N–H and O–H groups in total. The van der Waals surface area contributed by atoms with E-state index in [1.807, 2.05) is 0 Å². The van der Waals surface area contributed by atoms with Crippen molar-refractivity contribution in [3.05, 3.63) is 34.9 Å². The Morgan fingerprint density at radius 2 is 2.22 bits per heavy atom. The largest absolute Gasteiger partial charge is 0.385 e. The molecule has 0 fully saturated rings. The first-order valence-electron chi connectivity index (χ1n) is 7.16. The van der Waals surface area contributed by atoms with Crippen LogP contribution in [0, 0.1) is 0 Å². The van der Waals surface area contributed by atoms with Crippen molar-refractivity contribution < 1.29 is 9.53 Å². The van der Waals surface area contributed by atoms with Crippen LogP contribution < -0.4 is 10.9 Å². The molecule has 3 heterocycles. The van der Waals surface area contributed by atoms with Crippen molar-refractivity contribution >= 4 is 22.6 Å². The van der Waals surface area contributed by atoms with Crippen LogP contribution in [0.1, 0.15) is 6.42 Å². The first-order chi connectivity index (χ1) is 11.2. The van der Waals surface area contributed by atoms with Gasteiger partial charge in [0.05, 0.1) is 6.20 Å². The van der Waals surface area contributed by atoms with E-state index in [4.69, 9.17) is 4.74 Å². The first kappa shape index (κ1) is 15.1. The lowest BCUT2D eigenvalue weighted by Crippen LogP contribution is -2.33. The molecule has 3 aromatic heterocycles. The third kappa shape index (κ3) is 3.04. The van der Waals surface area contributed by atoms with Crippen molar-refractivity contribution in [1.82, 2.24) is 29.7 Å². The molecule has 9 heteroatoms. The summed E-state index contributed by atoms with van der Waals surface area (Å²) in [5.41, 5.74) is 0.919. The van der Waals surface area contributed by atoms with Gasteiger partial charge in [-0.3, -0.25) is 9.59 Å². The van der Waals surface area contributed by atoms with Crippen LogP contribution in [0.2, 0.25) is 0 Å². The lowest BCUT2D eigenvalue weighted by atomic mass is 10.3. The number of carbonyl (C=O) groups excluding carboxylic acids is 1. The summed E-state index contributed by atoms with van der Waals surface area (Å²) >= 11 is 0. The molecule has 0 atom stereocenters. The van der Waals surface area contributed by atoms with Crippen molar-refractivity contribution in [1.29, 1.82) is 0 Å². The summed E-state index contributed by atoms with van der Waals surface area (Å²) in [6.07, 6.45) is 3.86. The topological polar surface area (TPSA) is 103 Å². The molecule has 0 radical (unpaired) electrons. The zero-order valence-electron chi connectivity index (χ0n) is 12.6. The lowest BCUT2D eigenvalue weighted by Gasteiger charge is -2.08. The molecule has 0 aliphatic carbocycles. The Kier molecular flexibility index (Phi) is 4.29. The second-order valence-corrected chi connectivity index (χ2v) is 4.98. The van der Waals surface area contributed by atoms with Gasteiger partial charge in [0.15, 0.2) is 11.2 Å². The number of fused-ring (bicyclic) bond motifs is 3. The highest BCUT2D eigenvalue weighted by atomic mass is 16.5. The summed E-state index contributed by atoms with van der Waals surface area (Å²) in [5, 5.41) is 14.7. The highest BCUT2D eigenvalue weighted by Crippen LogP contribution is 2.07. The van der Waals surface area contributed by atoms with E-state index in [-0.39, 0.29) is 23.5 Å². The maximum Gasteiger partial charge on any atom is 0.281 e. The fraction of sp³-hybridized carbons (Fsp3) is 0.357. The van der Waals surface area contributed by atoms with Gasteiger partial charge in [-0.15, -0.1) is 10.2 Å². The van der Waals surface area contributed by atoms with Gasteiger partial charge in [0.2, 0.25) is 5.91 Å². The molecule has 0 spiro atoms. The van der Waals surface area contributed by atoms with Crippen molar-refractivity contribution in [2.45, 2.75) is 13.0 Å². The maximum absolute atomic E-state index is 12.4. The van der Waals surface area contributed by atoms with Gasteiger partial charge >= 0.3 is 0 Å². The average Bonchev–Trinajstić information content (AvgIpc) is 3.03. The van der Waals surface area contributed by atoms with E-state index in [2.05, 4.69) is 20.6 Å². The van der Waals surface area contributed by atoms with Gasteiger partial charge < -0.3 is 14.6 Å². The molecule has 23 heavy (non-hydrogen) atoms. The van der Waals surface area contributed by atoms with Crippen LogP contribution in [0.4, 0.5) is 0 Å². The zero-order chi connectivity index (χ0) is 16.2. The Balaban J connectivity index is 1.82. The summed E-state index contributed by atoms with van der Waals surface area (Å²) in [7, 11) is 1.61. The highest BCUT2D eigenvalue weighted by Gasteiger charge is 2.11. The van der Waals surface area contributed by atoms with Gasteiger partial charge in [-0.05, 0) is 12.5 Å². The molecule has 9 nitrogen and oxygen atoms in total. The Morgan fingerprint density at radius 1 is 1.35 bits per heavy atom. The van der Waals surface area contributed by atoms with Crippen LogP contribution in [0.25, 0.3) is 16.7 Å². The number of rotatable bonds is 6. The van der Waals surface area contributed by atoms with E-state index in [1.165, 1.54) is 4.57 Å². The van der Waals surface area contributed by atoms with Crippen LogP contribution >= 0.6 is 0 Å². The van der Waals surface area contributed by atoms with Crippen LogP contribution in [0.3, 0.4) is 0 Å². The van der Waals surface area contributed by atoms with E-state index in [0.29, 0.717) is 24.3 Å². The van der Waals surface area contributed by atoms with Crippen molar-refractivity contribution in [2.24, 2.45) is 0 Å². The fourth-order valence-corrected chi connectivity index (χ4v) is 2.26. The number of hydrogen-bond donors (Lipinski definition) is 1. The predicted molar refractivity (Wildman–Crippen MR) is 82.1 cm³/mol. The van der Waals surface area contributed by atoms with Crippen molar-refractivity contribution in [3.8, 4) is 0 Å². The zero-order valence-corrected chi connectivity index (χ0v) is 12.6. The molecule has 0 saturated carbocycles. The third-order valence-electron chi connectivity index (χ3n) is 3.38. The molecular weight excluding hydrogens is 300 g/mol. The summed E-state index contributed by atoms with van der Waals surface area (Å²) in [4.78, 5) is 24.3. The third-order valence-corrected chi connectivity index (χ3v) is 3.38. The molecule has 0 unspecified atom stereocenters. The van der Waals surface area contributed by atoms with Crippen LogP contribution in [0.5, 0.6) is 0 Å². The number of carbonyl (C=O) groups is 1. The van der Waals surface area contributed by atoms with E-state index in [9.17, 15) is 9.59 Å². The number of aromatic nitrogens is 5. The minimum atomic E-state index is -0.376. The SMILES string of the molecule is COCCCNC(=O)Cn1ccc2c(nnc3ccnn32)c1=O. The number of hydrogen-bond acceptors (Lipinski definition) is 6. The smallest absolute Gasteiger partial charge is 0.281 e. The van der Waals surface area contributed by atoms with E-state index < -0.39 is 0 Å². The second kappa shape index (κ2) is 6.53. The molecule has 3 aromatic rings. The average molecular weight is 316 g/mol. The number of pyridine rings is 1. The summed E-state index contributed by atoms with van der Waals surface area (Å²) in [5.74, 6) is -0.240. The molecule has 0 aliphatic heterocycles. The Bertz CT molecular complexity index is 900. The van der Waals surface area contributed by atoms with Crippen LogP contribution in [0.15, 0.2) is 29.3 Å². The minimum Gasteiger partial charge on any atom is -0.385 e. The molecule has 0 saturated heterocycles. The summed E-state index contributed by atoms with van der Waals surface area (Å²) in [6, 6.07) is 3.40. The van der Waals surface area contributed by atoms with E-state index in [1.54, 1.807) is 36.2 Å². The standard InChI is InChI=1S/C14H16N6O3/c1-23-8-2-5-15-12(21)9-19-7-4-10-13(14(19)22)18-17-11-3-6-16-20(10)11/h3-4,6-7H,2,5,8-9H2,1H3,(H,15,21). The minimum absolute atomic E-state index is 0.0689. The molecule has 3 rings (SSSR count). The van der Waals surface area contributed by atoms with Crippen LogP contribution in [-0.4, -0.2) is 50.5 Å². The molecular formula is C14H16N6O3. The summed E-state index contributed by atoms with van der Waals surface area (Å²) in [6.45, 7) is 1.01. The quantitative estimate of drug-likeness (QED) is 0.620. The van der Waals surface area contributed by atoms with Crippen LogP contribution in [-0.2, 0) is 16.1 Å². The number of nitrogens with one attached hydrogen (secondary N) is 1. The predicted octanol–water partition coefficient (Wildman–Crippen LogP) is -0.408. The number of amides is 1. The normalized spacial score (nSPS) is 11.2. The van der Waals surface area contributed by atoms with E-state index >= 15 is 0 Å². The lowest BCUT2D eigenvalue weighted by molar-refractivity contribution is -0.121. The van der Waals surface area contributed by atoms with Gasteiger partial charge in [-0.2, -0.15) is 5.10 Å². The van der Waals surface area contributed by atoms with Gasteiger partial charge in [-0.25, -0.2) is 4.52 Å². The molecule has 0 aliphatic rings. The number of ether oxygens (including phenoxy) is 1.